The number of carbonyl (C=O) groups excluding carboxylic acids is 2. The first-order chi connectivity index (χ1) is 15.9. The van der Waals surface area contributed by atoms with Gasteiger partial charge in [0.05, 0.1) is 17.4 Å². The van der Waals surface area contributed by atoms with Gasteiger partial charge in [0, 0.05) is 29.7 Å². The molecular formula is C25H26FN5O2. The lowest BCUT2D eigenvalue weighted by Gasteiger charge is -2.32. The number of nitrogens with zero attached hydrogens (tertiary/aromatic N) is 2. The Morgan fingerprint density at radius 3 is 2.82 bits per heavy atom. The highest BCUT2D eigenvalue weighted by Gasteiger charge is 2.29. The Bertz CT molecular complexity index is 1230. The third-order valence-corrected chi connectivity index (χ3v) is 5.82. The van der Waals surface area contributed by atoms with Crippen molar-refractivity contribution in [2.24, 2.45) is 0 Å². The molecule has 2 heterocycles. The molecule has 0 bridgehead atoms. The monoisotopic (exact) mass is 447 g/mol. The van der Waals surface area contributed by atoms with Gasteiger partial charge in [-0.25, -0.2) is 9.37 Å². The summed E-state index contributed by atoms with van der Waals surface area (Å²) in [7, 11) is 1.85. The number of hydrogen-bond donors (Lipinski definition) is 3. The van der Waals surface area contributed by atoms with Gasteiger partial charge in [-0.05, 0) is 49.2 Å². The predicted octanol–water partition coefficient (Wildman–Crippen LogP) is 3.38. The molecule has 4 rings (SSSR count). The smallest absolute Gasteiger partial charge is 0.272 e. The third-order valence-electron chi connectivity index (χ3n) is 5.82. The van der Waals surface area contributed by atoms with E-state index >= 15 is 0 Å². The van der Waals surface area contributed by atoms with E-state index in [-0.39, 0.29) is 23.8 Å². The second-order valence-corrected chi connectivity index (χ2v) is 8.22. The largest absolute Gasteiger partial charge is 0.397 e. The van der Waals surface area contributed by atoms with Crippen LogP contribution in [0.2, 0.25) is 0 Å². The molecular weight excluding hydrogens is 421 g/mol. The summed E-state index contributed by atoms with van der Waals surface area (Å²) < 4.78 is 14.4. The highest BCUT2D eigenvalue weighted by atomic mass is 19.1. The Morgan fingerprint density at radius 1 is 1.24 bits per heavy atom. The molecule has 4 N–H and O–H groups in total. The molecule has 1 saturated heterocycles. The van der Waals surface area contributed by atoms with Crippen molar-refractivity contribution in [3.8, 4) is 11.3 Å². The Balaban J connectivity index is 1.64. The number of piperidine rings is 1. The zero-order chi connectivity index (χ0) is 23.5. The number of halogens is 1. The van der Waals surface area contributed by atoms with E-state index in [1.54, 1.807) is 18.2 Å². The number of pyridine rings is 1. The van der Waals surface area contributed by atoms with Crippen LogP contribution in [0, 0.1) is 0 Å². The molecule has 1 aromatic heterocycles. The normalized spacial score (nSPS) is 18.6. The zero-order valence-electron chi connectivity index (χ0n) is 18.3. The maximum absolute atomic E-state index is 14.4. The van der Waals surface area contributed by atoms with E-state index in [1.807, 2.05) is 42.3 Å². The van der Waals surface area contributed by atoms with E-state index in [4.69, 9.17) is 5.73 Å². The molecule has 0 spiro atoms. The minimum absolute atomic E-state index is 0.0620. The Kier molecular flexibility index (Phi) is 6.37. The van der Waals surface area contributed by atoms with Gasteiger partial charge in [-0.3, -0.25) is 9.59 Å². The summed E-state index contributed by atoms with van der Waals surface area (Å²) in [5.41, 5.74) is 8.25. The standard InChI is InChI=1S/C25H26FN5O2/c1-3-23(32)28-21-6-4-5-15-7-8-16(13-17(15)21)20-10-9-19(27)24(29-20)25(33)30-22-11-12-31(2)14-18(22)26/h3-10,13,18,22H,1,11-12,14,27H2,2H3,(H,28,32)(H,30,33)/t18-,22+/m0/s1. The van der Waals surface area contributed by atoms with Crippen LogP contribution in [0.4, 0.5) is 15.8 Å². The van der Waals surface area contributed by atoms with Crippen molar-refractivity contribution in [2.75, 3.05) is 31.2 Å². The first-order valence-electron chi connectivity index (χ1n) is 10.7. The molecule has 2 aromatic carbocycles. The van der Waals surface area contributed by atoms with Crippen molar-refractivity contribution in [1.29, 1.82) is 0 Å². The highest BCUT2D eigenvalue weighted by molar-refractivity contribution is 6.06. The fourth-order valence-electron chi connectivity index (χ4n) is 3.99. The molecule has 7 nitrogen and oxygen atoms in total. The van der Waals surface area contributed by atoms with Gasteiger partial charge in [0.1, 0.15) is 6.17 Å². The molecule has 1 fully saturated rings. The first-order valence-corrected chi connectivity index (χ1v) is 10.7. The minimum Gasteiger partial charge on any atom is -0.397 e. The summed E-state index contributed by atoms with van der Waals surface area (Å²) in [4.78, 5) is 31.1. The quantitative estimate of drug-likeness (QED) is 0.521. The van der Waals surface area contributed by atoms with Crippen LogP contribution in [-0.2, 0) is 4.79 Å². The summed E-state index contributed by atoms with van der Waals surface area (Å²) in [5, 5.41) is 7.31. The molecule has 0 saturated carbocycles. The van der Waals surface area contributed by atoms with Crippen molar-refractivity contribution >= 4 is 34.0 Å². The summed E-state index contributed by atoms with van der Waals surface area (Å²) in [6, 6.07) is 14.1. The van der Waals surface area contributed by atoms with Crippen LogP contribution in [0.25, 0.3) is 22.0 Å². The molecule has 3 aromatic rings. The van der Waals surface area contributed by atoms with Gasteiger partial charge < -0.3 is 21.3 Å². The molecule has 2 amide bonds. The van der Waals surface area contributed by atoms with Crippen LogP contribution >= 0.6 is 0 Å². The maximum atomic E-state index is 14.4. The van der Waals surface area contributed by atoms with Gasteiger partial charge in [0.15, 0.2) is 5.69 Å². The SMILES string of the molecule is C=CC(=O)Nc1cccc2ccc(-c3ccc(N)c(C(=O)N[C@@H]4CCN(C)C[C@@H]4F)n3)cc12. The second-order valence-electron chi connectivity index (χ2n) is 8.22. The van der Waals surface area contributed by atoms with Crippen molar-refractivity contribution in [1.82, 2.24) is 15.2 Å². The van der Waals surface area contributed by atoms with Gasteiger partial charge in [0.25, 0.3) is 5.91 Å². The summed E-state index contributed by atoms with van der Waals surface area (Å²) in [6.07, 6.45) is 0.579. The number of fused-ring (bicyclic) bond motifs is 1. The lowest BCUT2D eigenvalue weighted by atomic mass is 10.0. The number of nitrogen functional groups attached to an aromatic ring is 1. The lowest BCUT2D eigenvalue weighted by Crippen LogP contribution is -2.51. The lowest BCUT2D eigenvalue weighted by molar-refractivity contribution is -0.111. The van der Waals surface area contributed by atoms with Crippen LogP contribution in [0.3, 0.4) is 0 Å². The van der Waals surface area contributed by atoms with E-state index < -0.39 is 18.1 Å². The summed E-state index contributed by atoms with van der Waals surface area (Å²) in [6.45, 7) is 4.47. The first kappa shape index (κ1) is 22.4. The average Bonchev–Trinajstić information content (AvgIpc) is 2.81. The average molecular weight is 448 g/mol. The number of nitrogens with two attached hydrogens (primary N) is 1. The maximum Gasteiger partial charge on any atom is 0.272 e. The number of aromatic nitrogens is 1. The molecule has 1 aliphatic heterocycles. The second kappa shape index (κ2) is 9.38. The van der Waals surface area contributed by atoms with Gasteiger partial charge >= 0.3 is 0 Å². The number of nitrogens with one attached hydrogen (secondary N) is 2. The molecule has 8 heteroatoms. The zero-order valence-corrected chi connectivity index (χ0v) is 18.3. The van der Waals surface area contributed by atoms with Gasteiger partial charge in [0.2, 0.25) is 5.91 Å². The molecule has 0 unspecified atom stereocenters. The van der Waals surface area contributed by atoms with Crippen LogP contribution in [0.15, 0.2) is 61.2 Å². The van der Waals surface area contributed by atoms with E-state index in [9.17, 15) is 14.0 Å². The number of carbonyl (C=O) groups is 2. The van der Waals surface area contributed by atoms with Crippen molar-refractivity contribution in [3.63, 3.8) is 0 Å². The van der Waals surface area contributed by atoms with Crippen LogP contribution in [-0.4, -0.2) is 54.0 Å². The fraction of sp³-hybridized carbons (Fsp3) is 0.240. The summed E-state index contributed by atoms with van der Waals surface area (Å²) >= 11 is 0. The van der Waals surface area contributed by atoms with Gasteiger partial charge in [-0.15, -0.1) is 0 Å². The fourth-order valence-corrected chi connectivity index (χ4v) is 3.99. The van der Waals surface area contributed by atoms with Crippen LogP contribution in [0.1, 0.15) is 16.9 Å². The topological polar surface area (TPSA) is 100 Å². The molecule has 0 aliphatic carbocycles. The third kappa shape index (κ3) is 4.85. The Hall–Kier alpha value is -3.78. The van der Waals surface area contributed by atoms with Crippen molar-refractivity contribution in [2.45, 2.75) is 18.6 Å². The van der Waals surface area contributed by atoms with Crippen LogP contribution in [0.5, 0.6) is 0 Å². The van der Waals surface area contributed by atoms with Gasteiger partial charge in [-0.2, -0.15) is 0 Å². The molecule has 0 radical (unpaired) electrons. The Labute approximate surface area is 191 Å². The van der Waals surface area contributed by atoms with Crippen molar-refractivity contribution < 1.29 is 14.0 Å². The van der Waals surface area contributed by atoms with E-state index in [1.165, 1.54) is 6.08 Å². The minimum atomic E-state index is -1.15. The Morgan fingerprint density at radius 2 is 2.06 bits per heavy atom. The number of benzene rings is 2. The van der Waals surface area contributed by atoms with E-state index in [2.05, 4.69) is 22.2 Å². The molecule has 1 aliphatic rings. The number of rotatable bonds is 5. The number of hydrogen-bond acceptors (Lipinski definition) is 5. The predicted molar refractivity (Wildman–Crippen MR) is 129 cm³/mol. The summed E-state index contributed by atoms with van der Waals surface area (Å²) in [5.74, 6) is -0.802. The number of alkyl halides is 1. The number of amides is 2. The highest BCUT2D eigenvalue weighted by Crippen LogP contribution is 2.29. The number of anilines is 2. The van der Waals surface area contributed by atoms with E-state index in [0.29, 0.717) is 24.3 Å². The van der Waals surface area contributed by atoms with Crippen molar-refractivity contribution in [3.05, 3.63) is 66.9 Å². The molecule has 170 valence electrons. The van der Waals surface area contributed by atoms with E-state index in [0.717, 1.165) is 16.3 Å². The van der Waals surface area contributed by atoms with Crippen LogP contribution < -0.4 is 16.4 Å². The number of likely N-dealkylation sites (tertiary alicyclic amines) is 1. The molecule has 33 heavy (non-hydrogen) atoms. The van der Waals surface area contributed by atoms with Gasteiger partial charge in [-0.1, -0.05) is 30.8 Å². The molecule has 2 atom stereocenters.